The standard InChI is InChI=1S/C19H27N3O4/c1-3-4-11-26-19(25)14-5-7-15(8-6-14)20-17(23)12-22(2)13-18(24)21-16-9-10-16/h5-8,16H,3-4,9-13H2,1-2H3,(H,20,23)(H,21,24). The smallest absolute Gasteiger partial charge is 0.338 e. The predicted molar refractivity (Wildman–Crippen MR) is 98.9 cm³/mol. The normalized spacial score (nSPS) is 13.3. The van der Waals surface area contributed by atoms with Crippen molar-refractivity contribution in [2.45, 2.75) is 38.6 Å². The minimum atomic E-state index is -0.363. The lowest BCUT2D eigenvalue weighted by molar-refractivity contribution is -0.123. The van der Waals surface area contributed by atoms with Crippen molar-refractivity contribution in [2.24, 2.45) is 0 Å². The van der Waals surface area contributed by atoms with E-state index in [0.29, 0.717) is 23.9 Å². The number of amides is 2. The second-order valence-corrected chi connectivity index (χ2v) is 6.63. The maximum absolute atomic E-state index is 12.1. The number of likely N-dealkylation sites (N-methyl/N-ethyl adjacent to an activating group) is 1. The number of unbranched alkanes of at least 4 members (excludes halogenated alkanes) is 1. The van der Waals surface area contributed by atoms with Crippen LogP contribution in [0.2, 0.25) is 0 Å². The fourth-order valence-electron chi connectivity index (χ4n) is 2.33. The van der Waals surface area contributed by atoms with E-state index in [-0.39, 0.29) is 30.9 Å². The first-order valence-corrected chi connectivity index (χ1v) is 9.03. The van der Waals surface area contributed by atoms with Gasteiger partial charge < -0.3 is 15.4 Å². The molecular weight excluding hydrogens is 334 g/mol. The molecule has 142 valence electrons. The lowest BCUT2D eigenvalue weighted by Crippen LogP contribution is -2.39. The van der Waals surface area contributed by atoms with Gasteiger partial charge in [0, 0.05) is 11.7 Å². The number of carbonyl (C=O) groups excluding carboxylic acids is 3. The molecule has 0 unspecified atom stereocenters. The number of anilines is 1. The third kappa shape index (κ3) is 7.23. The molecule has 0 saturated heterocycles. The molecule has 0 spiro atoms. The topological polar surface area (TPSA) is 87.7 Å². The summed E-state index contributed by atoms with van der Waals surface area (Å²) in [4.78, 5) is 37.3. The van der Waals surface area contributed by atoms with Crippen LogP contribution in [0.5, 0.6) is 0 Å². The third-order valence-electron chi connectivity index (χ3n) is 3.90. The molecule has 2 amide bonds. The van der Waals surface area contributed by atoms with Gasteiger partial charge in [0.25, 0.3) is 0 Å². The van der Waals surface area contributed by atoms with E-state index >= 15 is 0 Å². The first-order chi connectivity index (χ1) is 12.5. The average Bonchev–Trinajstić information content (AvgIpc) is 3.39. The van der Waals surface area contributed by atoms with E-state index in [4.69, 9.17) is 4.74 Å². The molecule has 0 atom stereocenters. The average molecular weight is 361 g/mol. The molecule has 7 heteroatoms. The van der Waals surface area contributed by atoms with Crippen molar-refractivity contribution >= 4 is 23.5 Å². The Balaban J connectivity index is 1.73. The van der Waals surface area contributed by atoms with E-state index < -0.39 is 0 Å². The zero-order chi connectivity index (χ0) is 18.9. The zero-order valence-corrected chi connectivity index (χ0v) is 15.4. The van der Waals surface area contributed by atoms with Gasteiger partial charge in [-0.05, 0) is 50.6 Å². The molecule has 0 heterocycles. The molecule has 1 aliphatic rings. The van der Waals surface area contributed by atoms with E-state index in [2.05, 4.69) is 10.6 Å². The van der Waals surface area contributed by atoms with Crippen LogP contribution in [-0.4, -0.2) is 55.5 Å². The quantitative estimate of drug-likeness (QED) is 0.490. The Morgan fingerprint density at radius 2 is 1.77 bits per heavy atom. The lowest BCUT2D eigenvalue weighted by Gasteiger charge is -2.16. The molecule has 0 bridgehead atoms. The Kier molecular flexibility index (Phi) is 7.59. The highest BCUT2D eigenvalue weighted by Gasteiger charge is 2.23. The Morgan fingerprint density at radius 1 is 1.12 bits per heavy atom. The van der Waals surface area contributed by atoms with Gasteiger partial charge in [-0.1, -0.05) is 13.3 Å². The van der Waals surface area contributed by atoms with Gasteiger partial charge in [-0.2, -0.15) is 0 Å². The molecule has 1 fully saturated rings. The highest BCUT2D eigenvalue weighted by Crippen LogP contribution is 2.18. The fraction of sp³-hybridized carbons (Fsp3) is 0.526. The van der Waals surface area contributed by atoms with Crippen LogP contribution in [0.3, 0.4) is 0 Å². The molecule has 0 radical (unpaired) electrons. The van der Waals surface area contributed by atoms with Crippen LogP contribution >= 0.6 is 0 Å². The summed E-state index contributed by atoms with van der Waals surface area (Å²) in [6, 6.07) is 6.88. The van der Waals surface area contributed by atoms with E-state index in [0.717, 1.165) is 25.7 Å². The summed E-state index contributed by atoms with van der Waals surface area (Å²) in [5.41, 5.74) is 1.05. The number of ether oxygens (including phenoxy) is 1. The summed E-state index contributed by atoms with van der Waals surface area (Å²) in [6.07, 6.45) is 3.89. The van der Waals surface area contributed by atoms with Gasteiger partial charge in [-0.25, -0.2) is 4.79 Å². The molecular formula is C19H27N3O4. The number of benzene rings is 1. The molecule has 1 aliphatic carbocycles. The van der Waals surface area contributed by atoms with Gasteiger partial charge in [0.1, 0.15) is 0 Å². The van der Waals surface area contributed by atoms with Gasteiger partial charge in [0.2, 0.25) is 11.8 Å². The van der Waals surface area contributed by atoms with Crippen LogP contribution in [0, 0.1) is 0 Å². The van der Waals surface area contributed by atoms with Crippen molar-refractivity contribution in [3.05, 3.63) is 29.8 Å². The zero-order valence-electron chi connectivity index (χ0n) is 15.4. The largest absolute Gasteiger partial charge is 0.462 e. The van der Waals surface area contributed by atoms with Crippen molar-refractivity contribution in [3.8, 4) is 0 Å². The second kappa shape index (κ2) is 9.91. The van der Waals surface area contributed by atoms with E-state index in [1.165, 1.54) is 0 Å². The van der Waals surface area contributed by atoms with E-state index in [1.54, 1.807) is 36.2 Å². The molecule has 7 nitrogen and oxygen atoms in total. The Hall–Kier alpha value is -2.41. The molecule has 1 aromatic carbocycles. The lowest BCUT2D eigenvalue weighted by atomic mass is 10.2. The number of carbonyl (C=O) groups is 3. The van der Waals surface area contributed by atoms with Crippen molar-refractivity contribution in [1.82, 2.24) is 10.2 Å². The summed E-state index contributed by atoms with van der Waals surface area (Å²) in [7, 11) is 1.72. The van der Waals surface area contributed by atoms with Crippen molar-refractivity contribution in [1.29, 1.82) is 0 Å². The molecule has 0 aliphatic heterocycles. The van der Waals surface area contributed by atoms with Crippen molar-refractivity contribution < 1.29 is 19.1 Å². The Morgan fingerprint density at radius 3 is 2.38 bits per heavy atom. The summed E-state index contributed by atoms with van der Waals surface area (Å²) < 4.78 is 5.14. The number of rotatable bonds is 10. The van der Waals surface area contributed by atoms with Crippen LogP contribution in [0.1, 0.15) is 43.0 Å². The third-order valence-corrected chi connectivity index (χ3v) is 3.90. The van der Waals surface area contributed by atoms with E-state index in [1.807, 2.05) is 6.92 Å². The summed E-state index contributed by atoms with van der Waals surface area (Å²) in [6.45, 7) is 2.74. The molecule has 2 rings (SSSR count). The van der Waals surface area contributed by atoms with E-state index in [9.17, 15) is 14.4 Å². The highest BCUT2D eigenvalue weighted by molar-refractivity contribution is 5.94. The van der Waals surface area contributed by atoms with Crippen molar-refractivity contribution in [2.75, 3.05) is 32.1 Å². The van der Waals surface area contributed by atoms with Gasteiger partial charge >= 0.3 is 5.97 Å². The molecule has 1 aromatic rings. The van der Waals surface area contributed by atoms with Crippen LogP contribution in [0.25, 0.3) is 0 Å². The van der Waals surface area contributed by atoms with Crippen LogP contribution in [-0.2, 0) is 14.3 Å². The molecule has 2 N–H and O–H groups in total. The van der Waals surface area contributed by atoms with Crippen molar-refractivity contribution in [3.63, 3.8) is 0 Å². The first kappa shape index (κ1) is 19.9. The summed E-state index contributed by atoms with van der Waals surface area (Å²) in [5.74, 6) is -0.642. The first-order valence-electron chi connectivity index (χ1n) is 9.03. The number of hydrogen-bond acceptors (Lipinski definition) is 5. The minimum absolute atomic E-state index is 0.0614. The number of hydrogen-bond donors (Lipinski definition) is 2. The van der Waals surface area contributed by atoms with Gasteiger partial charge in [-0.3, -0.25) is 14.5 Å². The van der Waals surface area contributed by atoms with Gasteiger partial charge in [-0.15, -0.1) is 0 Å². The summed E-state index contributed by atoms with van der Waals surface area (Å²) in [5, 5.41) is 5.64. The molecule has 0 aromatic heterocycles. The Bertz CT molecular complexity index is 626. The fourth-order valence-corrected chi connectivity index (χ4v) is 2.33. The van der Waals surface area contributed by atoms with Gasteiger partial charge in [0.15, 0.2) is 0 Å². The Labute approximate surface area is 154 Å². The second-order valence-electron chi connectivity index (χ2n) is 6.63. The molecule has 1 saturated carbocycles. The predicted octanol–water partition coefficient (Wildman–Crippen LogP) is 1.79. The monoisotopic (exact) mass is 361 g/mol. The SMILES string of the molecule is CCCCOC(=O)c1ccc(NC(=O)CN(C)CC(=O)NC2CC2)cc1. The minimum Gasteiger partial charge on any atom is -0.462 e. The number of nitrogens with one attached hydrogen (secondary N) is 2. The van der Waals surface area contributed by atoms with Crippen LogP contribution < -0.4 is 10.6 Å². The number of nitrogens with zero attached hydrogens (tertiary/aromatic N) is 1. The number of esters is 1. The maximum Gasteiger partial charge on any atom is 0.338 e. The van der Waals surface area contributed by atoms with Crippen LogP contribution in [0.4, 0.5) is 5.69 Å². The van der Waals surface area contributed by atoms with Gasteiger partial charge in [0.05, 0.1) is 25.3 Å². The van der Waals surface area contributed by atoms with Crippen LogP contribution in [0.15, 0.2) is 24.3 Å². The molecule has 26 heavy (non-hydrogen) atoms. The summed E-state index contributed by atoms with van der Waals surface area (Å²) >= 11 is 0. The highest BCUT2D eigenvalue weighted by atomic mass is 16.5. The maximum atomic E-state index is 12.1.